The number of ether oxygens (including phenoxy) is 1. The number of halogens is 1. The SMILES string of the molecule is CCNC(C)c1ccc(N(CC)CCOC)c(Cl)c1. The quantitative estimate of drug-likeness (QED) is 0.791. The fourth-order valence-corrected chi connectivity index (χ4v) is 2.43. The van der Waals surface area contributed by atoms with Crippen LogP contribution in [0.4, 0.5) is 5.69 Å². The summed E-state index contributed by atoms with van der Waals surface area (Å²) in [5.41, 5.74) is 2.30. The first kappa shape index (κ1) is 16.3. The maximum atomic E-state index is 6.42. The van der Waals surface area contributed by atoms with E-state index in [0.29, 0.717) is 12.6 Å². The van der Waals surface area contributed by atoms with Crippen LogP contribution < -0.4 is 10.2 Å². The minimum absolute atomic E-state index is 0.325. The third-order valence-electron chi connectivity index (χ3n) is 3.27. The maximum Gasteiger partial charge on any atom is 0.0642 e. The van der Waals surface area contributed by atoms with Crippen LogP contribution in [0, 0.1) is 0 Å². The molecule has 3 nitrogen and oxygen atoms in total. The molecule has 0 saturated heterocycles. The molecule has 0 radical (unpaired) electrons. The average molecular weight is 285 g/mol. The summed E-state index contributed by atoms with van der Waals surface area (Å²) in [5.74, 6) is 0. The van der Waals surface area contributed by atoms with E-state index in [1.807, 2.05) is 0 Å². The molecule has 0 spiro atoms. The van der Waals surface area contributed by atoms with Gasteiger partial charge in [0.05, 0.1) is 17.3 Å². The molecule has 1 unspecified atom stereocenters. The van der Waals surface area contributed by atoms with Gasteiger partial charge in [-0.1, -0.05) is 24.6 Å². The number of hydrogen-bond acceptors (Lipinski definition) is 3. The molecule has 0 aliphatic rings. The van der Waals surface area contributed by atoms with Gasteiger partial charge in [-0.15, -0.1) is 0 Å². The van der Waals surface area contributed by atoms with Crippen molar-refractivity contribution in [2.45, 2.75) is 26.8 Å². The maximum absolute atomic E-state index is 6.42. The Balaban J connectivity index is 2.85. The van der Waals surface area contributed by atoms with Gasteiger partial charge in [-0.2, -0.15) is 0 Å². The Labute approximate surface area is 121 Å². The van der Waals surface area contributed by atoms with Gasteiger partial charge < -0.3 is 15.0 Å². The molecular formula is C15H25ClN2O. The first-order valence-electron chi connectivity index (χ1n) is 6.90. The molecule has 1 aromatic carbocycles. The molecule has 0 aromatic heterocycles. The molecule has 0 saturated carbocycles. The first-order chi connectivity index (χ1) is 9.13. The highest BCUT2D eigenvalue weighted by Gasteiger charge is 2.11. The third-order valence-corrected chi connectivity index (χ3v) is 3.57. The summed E-state index contributed by atoms with van der Waals surface area (Å²) in [6.07, 6.45) is 0. The van der Waals surface area contributed by atoms with E-state index in [2.05, 4.69) is 49.2 Å². The second kappa shape index (κ2) is 8.41. The van der Waals surface area contributed by atoms with Crippen molar-refractivity contribution >= 4 is 17.3 Å². The van der Waals surface area contributed by atoms with E-state index in [1.54, 1.807) is 7.11 Å². The summed E-state index contributed by atoms with van der Waals surface area (Å²) in [5, 5.41) is 4.20. The zero-order chi connectivity index (χ0) is 14.3. The van der Waals surface area contributed by atoms with Crippen LogP contribution in [0.25, 0.3) is 0 Å². The number of nitrogens with zero attached hydrogens (tertiary/aromatic N) is 1. The van der Waals surface area contributed by atoms with E-state index in [-0.39, 0.29) is 0 Å². The van der Waals surface area contributed by atoms with Crippen molar-refractivity contribution in [3.8, 4) is 0 Å². The number of benzene rings is 1. The fourth-order valence-electron chi connectivity index (χ4n) is 2.12. The molecule has 0 fully saturated rings. The van der Waals surface area contributed by atoms with Gasteiger partial charge in [0.2, 0.25) is 0 Å². The van der Waals surface area contributed by atoms with Crippen molar-refractivity contribution in [1.82, 2.24) is 5.32 Å². The molecule has 0 heterocycles. The topological polar surface area (TPSA) is 24.5 Å². The highest BCUT2D eigenvalue weighted by molar-refractivity contribution is 6.33. The van der Waals surface area contributed by atoms with Gasteiger partial charge in [-0.3, -0.25) is 0 Å². The van der Waals surface area contributed by atoms with Crippen LogP contribution >= 0.6 is 11.6 Å². The molecule has 108 valence electrons. The summed E-state index contributed by atoms with van der Waals surface area (Å²) in [4.78, 5) is 2.23. The summed E-state index contributed by atoms with van der Waals surface area (Å²) in [6.45, 7) is 9.82. The van der Waals surface area contributed by atoms with E-state index in [9.17, 15) is 0 Å². The Morgan fingerprint density at radius 1 is 1.37 bits per heavy atom. The Bertz CT molecular complexity index is 384. The Morgan fingerprint density at radius 3 is 2.63 bits per heavy atom. The monoisotopic (exact) mass is 284 g/mol. The molecule has 1 rings (SSSR count). The molecule has 0 bridgehead atoms. The van der Waals surface area contributed by atoms with E-state index < -0.39 is 0 Å². The predicted molar refractivity (Wildman–Crippen MR) is 83.3 cm³/mol. The molecule has 1 N–H and O–H groups in total. The molecule has 0 aliphatic heterocycles. The zero-order valence-electron chi connectivity index (χ0n) is 12.4. The standard InChI is InChI=1S/C15H25ClN2O/c1-5-17-12(3)13-7-8-15(14(16)11-13)18(6-2)9-10-19-4/h7-8,11-12,17H,5-6,9-10H2,1-4H3. The van der Waals surface area contributed by atoms with E-state index in [4.69, 9.17) is 16.3 Å². The first-order valence-corrected chi connectivity index (χ1v) is 7.28. The summed E-state index contributed by atoms with van der Waals surface area (Å²) < 4.78 is 5.13. The van der Waals surface area contributed by atoms with Crippen LogP contribution in [-0.2, 0) is 4.74 Å². The van der Waals surface area contributed by atoms with Crippen LogP contribution in [0.1, 0.15) is 32.4 Å². The lowest BCUT2D eigenvalue weighted by Gasteiger charge is -2.25. The number of anilines is 1. The largest absolute Gasteiger partial charge is 0.383 e. The minimum atomic E-state index is 0.325. The number of likely N-dealkylation sites (N-methyl/N-ethyl adjacent to an activating group) is 1. The number of methoxy groups -OCH3 is 1. The van der Waals surface area contributed by atoms with Crippen LogP contribution in [0.15, 0.2) is 18.2 Å². The van der Waals surface area contributed by atoms with Gasteiger partial charge in [0, 0.05) is 26.2 Å². The lowest BCUT2D eigenvalue weighted by atomic mass is 10.1. The summed E-state index contributed by atoms with van der Waals surface area (Å²) in [7, 11) is 1.72. The van der Waals surface area contributed by atoms with Crippen molar-refractivity contribution < 1.29 is 4.74 Å². The third kappa shape index (κ3) is 4.68. The number of rotatable bonds is 8. The van der Waals surface area contributed by atoms with E-state index in [1.165, 1.54) is 5.56 Å². The Morgan fingerprint density at radius 2 is 2.11 bits per heavy atom. The van der Waals surface area contributed by atoms with Gasteiger partial charge in [0.15, 0.2) is 0 Å². The second-order valence-corrected chi connectivity index (χ2v) is 4.97. The Hall–Kier alpha value is -0.770. The highest BCUT2D eigenvalue weighted by atomic mass is 35.5. The smallest absolute Gasteiger partial charge is 0.0642 e. The lowest BCUT2D eigenvalue weighted by Crippen LogP contribution is -2.27. The molecule has 4 heteroatoms. The van der Waals surface area contributed by atoms with Crippen LogP contribution in [-0.4, -0.2) is 33.4 Å². The van der Waals surface area contributed by atoms with Gasteiger partial charge in [-0.25, -0.2) is 0 Å². The fraction of sp³-hybridized carbons (Fsp3) is 0.600. The van der Waals surface area contributed by atoms with Crippen molar-refractivity contribution in [3.05, 3.63) is 28.8 Å². The van der Waals surface area contributed by atoms with E-state index >= 15 is 0 Å². The average Bonchev–Trinajstić information content (AvgIpc) is 2.41. The number of hydrogen-bond donors (Lipinski definition) is 1. The normalized spacial score (nSPS) is 12.5. The predicted octanol–water partition coefficient (Wildman–Crippen LogP) is 3.48. The number of nitrogens with one attached hydrogen (secondary N) is 1. The van der Waals surface area contributed by atoms with Gasteiger partial charge in [-0.05, 0) is 38.1 Å². The van der Waals surface area contributed by atoms with Gasteiger partial charge in [0.25, 0.3) is 0 Å². The zero-order valence-corrected chi connectivity index (χ0v) is 13.1. The van der Waals surface area contributed by atoms with Crippen molar-refractivity contribution in [2.75, 3.05) is 38.3 Å². The molecule has 19 heavy (non-hydrogen) atoms. The van der Waals surface area contributed by atoms with E-state index in [0.717, 1.165) is 30.3 Å². The van der Waals surface area contributed by atoms with Crippen LogP contribution in [0.2, 0.25) is 5.02 Å². The lowest BCUT2D eigenvalue weighted by molar-refractivity contribution is 0.205. The molecule has 1 atom stereocenters. The Kier molecular flexibility index (Phi) is 7.21. The van der Waals surface area contributed by atoms with Gasteiger partial charge >= 0.3 is 0 Å². The molecular weight excluding hydrogens is 260 g/mol. The van der Waals surface area contributed by atoms with Gasteiger partial charge in [0.1, 0.15) is 0 Å². The summed E-state index contributed by atoms with van der Waals surface area (Å²) in [6, 6.07) is 6.62. The summed E-state index contributed by atoms with van der Waals surface area (Å²) >= 11 is 6.42. The van der Waals surface area contributed by atoms with Crippen molar-refractivity contribution in [1.29, 1.82) is 0 Å². The highest BCUT2D eigenvalue weighted by Crippen LogP contribution is 2.28. The minimum Gasteiger partial charge on any atom is -0.383 e. The van der Waals surface area contributed by atoms with Crippen LogP contribution in [0.5, 0.6) is 0 Å². The van der Waals surface area contributed by atoms with Crippen molar-refractivity contribution in [2.24, 2.45) is 0 Å². The molecule has 1 aromatic rings. The molecule has 0 aliphatic carbocycles. The molecule has 0 amide bonds. The van der Waals surface area contributed by atoms with Crippen LogP contribution in [0.3, 0.4) is 0 Å². The van der Waals surface area contributed by atoms with Crippen molar-refractivity contribution in [3.63, 3.8) is 0 Å². The second-order valence-electron chi connectivity index (χ2n) is 4.56.